The second-order valence-corrected chi connectivity index (χ2v) is 7.90. The molecule has 0 bridgehead atoms. The molecular formula is C20H18BrNO4S. The third-order valence-electron chi connectivity index (χ3n) is 4.00. The van der Waals surface area contributed by atoms with E-state index in [1.54, 1.807) is 19.3 Å². The molecule has 2 aromatic rings. The van der Waals surface area contributed by atoms with Crippen molar-refractivity contribution in [2.45, 2.75) is 13.5 Å². The Labute approximate surface area is 170 Å². The van der Waals surface area contributed by atoms with Crippen molar-refractivity contribution in [1.82, 2.24) is 4.90 Å². The standard InChI is InChI=1S/C20H18BrNO4S/c1-12-5-4-6-13(7-12)11-26-18-15(21)8-14(9-16(18)25-3)10-17-19(23)22(2)20(24)27-17/h4-10H,11H2,1-3H3/b17-10-. The highest BCUT2D eigenvalue weighted by molar-refractivity contribution is 9.10. The van der Waals surface area contributed by atoms with Gasteiger partial charge in [-0.1, -0.05) is 29.8 Å². The molecule has 3 rings (SSSR count). The number of likely N-dealkylation sites (N-methyl/N-ethyl adjacent to an activating group) is 1. The van der Waals surface area contributed by atoms with Crippen molar-refractivity contribution < 1.29 is 19.1 Å². The third-order valence-corrected chi connectivity index (χ3v) is 5.55. The lowest BCUT2D eigenvalue weighted by Crippen LogP contribution is -2.22. The lowest BCUT2D eigenvalue weighted by molar-refractivity contribution is -0.121. The van der Waals surface area contributed by atoms with Crippen LogP contribution < -0.4 is 9.47 Å². The lowest BCUT2D eigenvalue weighted by Gasteiger charge is -2.14. The molecule has 1 heterocycles. The Bertz CT molecular complexity index is 942. The van der Waals surface area contributed by atoms with Gasteiger partial charge in [-0.05, 0) is 64.0 Å². The van der Waals surface area contributed by atoms with Crippen molar-refractivity contribution in [1.29, 1.82) is 0 Å². The van der Waals surface area contributed by atoms with E-state index in [9.17, 15) is 9.59 Å². The molecule has 0 N–H and O–H groups in total. The molecule has 0 spiro atoms. The van der Waals surface area contributed by atoms with Crippen LogP contribution in [0.15, 0.2) is 45.8 Å². The number of hydrogen-bond donors (Lipinski definition) is 0. The molecule has 0 aromatic heterocycles. The van der Waals surface area contributed by atoms with Gasteiger partial charge in [-0.2, -0.15) is 0 Å². The molecule has 0 aliphatic carbocycles. The lowest BCUT2D eigenvalue weighted by atomic mass is 10.1. The highest BCUT2D eigenvalue weighted by Crippen LogP contribution is 2.39. The fourth-order valence-corrected chi connectivity index (χ4v) is 4.02. The highest BCUT2D eigenvalue weighted by atomic mass is 79.9. The summed E-state index contributed by atoms with van der Waals surface area (Å²) in [6, 6.07) is 11.7. The fourth-order valence-electron chi connectivity index (χ4n) is 2.62. The second kappa shape index (κ2) is 8.19. The molecule has 27 heavy (non-hydrogen) atoms. The van der Waals surface area contributed by atoms with E-state index in [1.165, 1.54) is 12.6 Å². The molecule has 2 aromatic carbocycles. The maximum atomic E-state index is 12.1. The molecule has 1 aliphatic heterocycles. The minimum atomic E-state index is -0.306. The smallest absolute Gasteiger partial charge is 0.293 e. The van der Waals surface area contributed by atoms with Crippen LogP contribution >= 0.6 is 27.7 Å². The van der Waals surface area contributed by atoms with E-state index < -0.39 is 0 Å². The number of rotatable bonds is 5. The highest BCUT2D eigenvalue weighted by Gasteiger charge is 2.31. The van der Waals surface area contributed by atoms with Crippen molar-refractivity contribution in [2.24, 2.45) is 0 Å². The van der Waals surface area contributed by atoms with Crippen LogP contribution in [0, 0.1) is 6.92 Å². The zero-order valence-electron chi connectivity index (χ0n) is 15.1. The van der Waals surface area contributed by atoms with Crippen LogP contribution in [-0.4, -0.2) is 30.2 Å². The van der Waals surface area contributed by atoms with E-state index in [2.05, 4.69) is 22.0 Å². The van der Waals surface area contributed by atoms with Crippen LogP contribution in [0.5, 0.6) is 11.5 Å². The average molecular weight is 448 g/mol. The van der Waals surface area contributed by atoms with Gasteiger partial charge in [0, 0.05) is 7.05 Å². The predicted octanol–water partition coefficient (Wildman–Crippen LogP) is 5.01. The Morgan fingerprint density at radius 2 is 2.00 bits per heavy atom. The number of benzene rings is 2. The van der Waals surface area contributed by atoms with Crippen molar-refractivity contribution in [2.75, 3.05) is 14.2 Å². The second-order valence-electron chi connectivity index (χ2n) is 6.05. The molecule has 0 unspecified atom stereocenters. The van der Waals surface area contributed by atoms with E-state index in [0.717, 1.165) is 27.8 Å². The Morgan fingerprint density at radius 1 is 1.22 bits per heavy atom. The van der Waals surface area contributed by atoms with Crippen LogP contribution in [0.4, 0.5) is 4.79 Å². The van der Waals surface area contributed by atoms with E-state index in [0.29, 0.717) is 27.5 Å². The Morgan fingerprint density at radius 3 is 2.63 bits per heavy atom. The molecule has 1 aliphatic rings. The summed E-state index contributed by atoms with van der Waals surface area (Å²) >= 11 is 4.43. The maximum absolute atomic E-state index is 12.1. The van der Waals surface area contributed by atoms with Gasteiger partial charge in [-0.25, -0.2) is 0 Å². The predicted molar refractivity (Wildman–Crippen MR) is 110 cm³/mol. The molecule has 0 atom stereocenters. The normalized spacial score (nSPS) is 15.6. The zero-order chi connectivity index (χ0) is 19.6. The molecule has 1 saturated heterocycles. The molecule has 7 heteroatoms. The number of carbonyl (C=O) groups excluding carboxylic acids is 2. The number of halogens is 1. The first-order valence-corrected chi connectivity index (χ1v) is 9.77. The summed E-state index contributed by atoms with van der Waals surface area (Å²) < 4.78 is 12.1. The number of ether oxygens (including phenoxy) is 2. The number of imide groups is 1. The zero-order valence-corrected chi connectivity index (χ0v) is 17.5. The SMILES string of the molecule is COc1cc(/C=C2\SC(=O)N(C)C2=O)cc(Br)c1OCc1cccc(C)c1. The third kappa shape index (κ3) is 4.36. The van der Waals surface area contributed by atoms with Gasteiger partial charge < -0.3 is 9.47 Å². The van der Waals surface area contributed by atoms with Crippen LogP contribution in [0.25, 0.3) is 6.08 Å². The Hall–Kier alpha value is -2.25. The topological polar surface area (TPSA) is 55.8 Å². The van der Waals surface area contributed by atoms with Gasteiger partial charge in [-0.3, -0.25) is 14.5 Å². The van der Waals surface area contributed by atoms with Crippen LogP contribution in [0.1, 0.15) is 16.7 Å². The maximum Gasteiger partial charge on any atom is 0.293 e. The molecule has 1 fully saturated rings. The number of nitrogens with zero attached hydrogens (tertiary/aromatic N) is 1. The minimum absolute atomic E-state index is 0.282. The van der Waals surface area contributed by atoms with E-state index >= 15 is 0 Å². The van der Waals surface area contributed by atoms with Crippen LogP contribution in [-0.2, 0) is 11.4 Å². The van der Waals surface area contributed by atoms with Crippen LogP contribution in [0.2, 0.25) is 0 Å². The van der Waals surface area contributed by atoms with Gasteiger partial charge >= 0.3 is 0 Å². The summed E-state index contributed by atoms with van der Waals surface area (Å²) in [4.78, 5) is 25.2. The molecule has 2 amide bonds. The summed E-state index contributed by atoms with van der Waals surface area (Å²) in [6.45, 7) is 2.44. The first kappa shape index (κ1) is 19.5. The largest absolute Gasteiger partial charge is 0.493 e. The van der Waals surface area contributed by atoms with Gasteiger partial charge in [0.1, 0.15) is 6.61 Å². The summed E-state index contributed by atoms with van der Waals surface area (Å²) in [5.41, 5.74) is 2.97. The monoisotopic (exact) mass is 447 g/mol. The van der Waals surface area contributed by atoms with E-state index in [1.807, 2.05) is 31.2 Å². The van der Waals surface area contributed by atoms with Gasteiger partial charge in [0.25, 0.3) is 11.1 Å². The molecule has 5 nitrogen and oxygen atoms in total. The quantitative estimate of drug-likeness (QED) is 0.602. The molecular weight excluding hydrogens is 430 g/mol. The molecule has 0 saturated carbocycles. The summed E-state index contributed by atoms with van der Waals surface area (Å²) in [5.74, 6) is 0.818. The summed E-state index contributed by atoms with van der Waals surface area (Å²) in [6.07, 6.45) is 1.67. The van der Waals surface area contributed by atoms with E-state index in [4.69, 9.17) is 9.47 Å². The molecule has 140 valence electrons. The van der Waals surface area contributed by atoms with E-state index in [-0.39, 0.29) is 11.1 Å². The van der Waals surface area contributed by atoms with Crippen molar-refractivity contribution >= 4 is 44.9 Å². The minimum Gasteiger partial charge on any atom is -0.493 e. The molecule has 0 radical (unpaired) electrons. The number of hydrogen-bond acceptors (Lipinski definition) is 5. The number of carbonyl (C=O) groups is 2. The van der Waals surface area contributed by atoms with Gasteiger partial charge in [0.05, 0.1) is 16.5 Å². The summed E-state index contributed by atoms with van der Waals surface area (Å²) in [5, 5.41) is -0.282. The fraction of sp³-hybridized carbons (Fsp3) is 0.200. The number of methoxy groups -OCH3 is 1. The number of thioether (sulfide) groups is 1. The van der Waals surface area contributed by atoms with Gasteiger partial charge in [0.2, 0.25) is 0 Å². The van der Waals surface area contributed by atoms with Gasteiger partial charge in [-0.15, -0.1) is 0 Å². The number of aryl methyl sites for hydroxylation is 1. The van der Waals surface area contributed by atoms with Crippen molar-refractivity contribution in [3.05, 3.63) is 62.5 Å². The van der Waals surface area contributed by atoms with Crippen LogP contribution in [0.3, 0.4) is 0 Å². The van der Waals surface area contributed by atoms with Gasteiger partial charge in [0.15, 0.2) is 11.5 Å². The summed E-state index contributed by atoms with van der Waals surface area (Å²) in [7, 11) is 3.03. The van der Waals surface area contributed by atoms with Crippen molar-refractivity contribution in [3.8, 4) is 11.5 Å². The number of amides is 2. The Balaban J connectivity index is 1.85. The average Bonchev–Trinajstić information content (AvgIpc) is 2.87. The van der Waals surface area contributed by atoms with Crippen molar-refractivity contribution in [3.63, 3.8) is 0 Å². The first-order chi connectivity index (χ1) is 12.9. The Kier molecular flexibility index (Phi) is 5.92. The first-order valence-electron chi connectivity index (χ1n) is 8.16.